The molecule has 28 heavy (non-hydrogen) atoms. The quantitative estimate of drug-likeness (QED) is 0.600. The van der Waals surface area contributed by atoms with Crippen LogP contribution in [0.1, 0.15) is 37.6 Å². The molecule has 0 fully saturated rings. The van der Waals surface area contributed by atoms with E-state index in [2.05, 4.69) is 31.5 Å². The highest BCUT2D eigenvalue weighted by Crippen LogP contribution is 2.30. The topological polar surface area (TPSA) is 51.2 Å². The van der Waals surface area contributed by atoms with Crippen LogP contribution in [-0.2, 0) is 10.2 Å². The third-order valence-electron chi connectivity index (χ3n) is 4.49. The van der Waals surface area contributed by atoms with E-state index in [4.69, 9.17) is 9.72 Å². The Hall–Kier alpha value is -2.66. The molecule has 4 nitrogen and oxygen atoms in total. The second kappa shape index (κ2) is 8.15. The summed E-state index contributed by atoms with van der Waals surface area (Å²) in [6, 6.07) is 13.6. The second-order valence-electron chi connectivity index (χ2n) is 7.92. The minimum absolute atomic E-state index is 0.0292. The zero-order valence-electron chi connectivity index (χ0n) is 17.0. The van der Waals surface area contributed by atoms with Crippen LogP contribution in [0, 0.1) is 13.8 Å². The van der Waals surface area contributed by atoms with Crippen molar-refractivity contribution in [1.29, 1.82) is 0 Å². The van der Waals surface area contributed by atoms with Crippen LogP contribution in [-0.4, -0.2) is 17.5 Å². The van der Waals surface area contributed by atoms with Gasteiger partial charge in [0, 0.05) is 22.0 Å². The van der Waals surface area contributed by atoms with Crippen LogP contribution in [0.3, 0.4) is 0 Å². The minimum Gasteiger partial charge on any atom is -0.484 e. The Bertz CT molecular complexity index is 949. The Morgan fingerprint density at radius 1 is 1.07 bits per heavy atom. The lowest BCUT2D eigenvalue weighted by Crippen LogP contribution is -2.21. The van der Waals surface area contributed by atoms with E-state index < -0.39 is 0 Å². The van der Waals surface area contributed by atoms with Gasteiger partial charge in [0.15, 0.2) is 6.61 Å². The first kappa shape index (κ1) is 20.1. The number of carbonyl (C=O) groups excluding carboxylic acids is 1. The predicted molar refractivity (Wildman–Crippen MR) is 116 cm³/mol. The van der Waals surface area contributed by atoms with Gasteiger partial charge in [-0.15, -0.1) is 11.3 Å². The maximum Gasteiger partial charge on any atom is 0.262 e. The Balaban J connectivity index is 1.60. The summed E-state index contributed by atoms with van der Waals surface area (Å²) in [4.78, 5) is 17.0. The number of para-hydroxylation sites is 1. The molecule has 146 valence electrons. The van der Waals surface area contributed by atoms with Crippen molar-refractivity contribution < 1.29 is 9.53 Å². The molecule has 1 heterocycles. The number of thiazole rings is 1. The van der Waals surface area contributed by atoms with Crippen molar-refractivity contribution in [3.8, 4) is 16.3 Å². The van der Waals surface area contributed by atoms with E-state index in [9.17, 15) is 4.79 Å². The second-order valence-corrected chi connectivity index (χ2v) is 8.77. The van der Waals surface area contributed by atoms with Crippen LogP contribution in [0.4, 0.5) is 5.69 Å². The Morgan fingerprint density at radius 2 is 1.71 bits per heavy atom. The average molecular weight is 395 g/mol. The van der Waals surface area contributed by atoms with Crippen LogP contribution in [0.2, 0.25) is 0 Å². The normalized spacial score (nSPS) is 11.3. The molecule has 0 unspecified atom stereocenters. The number of carbonyl (C=O) groups is 1. The lowest BCUT2D eigenvalue weighted by atomic mass is 9.93. The maximum absolute atomic E-state index is 12.2. The fraction of sp³-hybridized carbons (Fsp3) is 0.304. The van der Waals surface area contributed by atoms with E-state index >= 15 is 0 Å². The van der Waals surface area contributed by atoms with Crippen LogP contribution < -0.4 is 10.1 Å². The third kappa shape index (κ3) is 4.78. The van der Waals surface area contributed by atoms with Crippen molar-refractivity contribution >= 4 is 22.9 Å². The molecule has 1 aromatic heterocycles. The lowest BCUT2D eigenvalue weighted by Gasteiger charge is -2.14. The van der Waals surface area contributed by atoms with Crippen LogP contribution >= 0.6 is 11.3 Å². The molecule has 2 aromatic carbocycles. The smallest absolute Gasteiger partial charge is 0.262 e. The molecule has 0 spiro atoms. The molecular weight excluding hydrogens is 368 g/mol. The molecule has 1 N–H and O–H groups in total. The van der Waals surface area contributed by atoms with Crippen LogP contribution in [0.15, 0.2) is 47.8 Å². The first-order valence-electron chi connectivity index (χ1n) is 9.29. The standard InChI is InChI=1S/C23H26N2O2S/c1-15-7-6-8-16(2)21(15)25-20(26)13-27-18-11-9-17(10-12-18)22-24-19(14-28-22)23(3,4)5/h6-12,14H,13H2,1-5H3,(H,25,26). The number of benzene rings is 2. The monoisotopic (exact) mass is 394 g/mol. The largest absolute Gasteiger partial charge is 0.484 e. The SMILES string of the molecule is Cc1cccc(C)c1NC(=O)COc1ccc(-c2nc(C(C)(C)C)cs2)cc1. The van der Waals surface area contributed by atoms with E-state index in [1.54, 1.807) is 11.3 Å². The summed E-state index contributed by atoms with van der Waals surface area (Å²) in [5.41, 5.74) is 5.11. The van der Waals surface area contributed by atoms with Gasteiger partial charge in [0.2, 0.25) is 0 Å². The highest BCUT2D eigenvalue weighted by atomic mass is 32.1. The summed E-state index contributed by atoms with van der Waals surface area (Å²) >= 11 is 1.64. The summed E-state index contributed by atoms with van der Waals surface area (Å²) in [6.07, 6.45) is 0. The molecule has 5 heteroatoms. The summed E-state index contributed by atoms with van der Waals surface area (Å²) < 4.78 is 5.64. The number of amides is 1. The number of anilines is 1. The van der Waals surface area contributed by atoms with E-state index in [0.29, 0.717) is 5.75 Å². The first-order valence-corrected chi connectivity index (χ1v) is 10.2. The fourth-order valence-corrected chi connectivity index (χ4v) is 3.83. The van der Waals surface area contributed by atoms with Gasteiger partial charge in [0.25, 0.3) is 5.91 Å². The molecule has 0 saturated carbocycles. The van der Waals surface area contributed by atoms with Crippen molar-refractivity contribution in [2.45, 2.75) is 40.0 Å². The van der Waals surface area contributed by atoms with Gasteiger partial charge in [-0.1, -0.05) is 39.0 Å². The molecule has 0 bridgehead atoms. The average Bonchev–Trinajstić information content (AvgIpc) is 3.14. The predicted octanol–water partition coefficient (Wildman–Crippen LogP) is 5.74. The van der Waals surface area contributed by atoms with Crippen LogP contribution in [0.25, 0.3) is 10.6 Å². The molecule has 0 saturated heterocycles. The van der Waals surface area contributed by atoms with E-state index in [-0.39, 0.29) is 17.9 Å². The summed E-state index contributed by atoms with van der Waals surface area (Å²) in [6.45, 7) is 10.4. The van der Waals surface area contributed by atoms with Gasteiger partial charge < -0.3 is 10.1 Å². The minimum atomic E-state index is -0.170. The number of aromatic nitrogens is 1. The summed E-state index contributed by atoms with van der Waals surface area (Å²) in [7, 11) is 0. The number of hydrogen-bond donors (Lipinski definition) is 1. The zero-order chi connectivity index (χ0) is 20.3. The number of rotatable bonds is 5. The first-order chi connectivity index (χ1) is 13.2. The number of nitrogens with zero attached hydrogens (tertiary/aromatic N) is 1. The van der Waals surface area contributed by atoms with E-state index in [0.717, 1.165) is 33.1 Å². The van der Waals surface area contributed by atoms with Crippen molar-refractivity contribution in [3.63, 3.8) is 0 Å². The molecule has 0 atom stereocenters. The highest BCUT2D eigenvalue weighted by molar-refractivity contribution is 7.13. The molecule has 0 radical (unpaired) electrons. The molecule has 0 aliphatic heterocycles. The summed E-state index contributed by atoms with van der Waals surface area (Å²) in [5, 5.41) is 6.03. The Morgan fingerprint density at radius 3 is 2.29 bits per heavy atom. The molecule has 3 rings (SSSR count). The third-order valence-corrected chi connectivity index (χ3v) is 5.38. The molecular formula is C23H26N2O2S. The van der Waals surface area contributed by atoms with Gasteiger partial charge in [0.1, 0.15) is 10.8 Å². The van der Waals surface area contributed by atoms with Gasteiger partial charge in [-0.05, 0) is 49.2 Å². The fourth-order valence-electron chi connectivity index (χ4n) is 2.78. The molecule has 0 aliphatic carbocycles. The van der Waals surface area contributed by atoms with Crippen molar-refractivity contribution in [2.75, 3.05) is 11.9 Å². The Kier molecular flexibility index (Phi) is 5.84. The van der Waals surface area contributed by atoms with Gasteiger partial charge in [-0.2, -0.15) is 0 Å². The lowest BCUT2D eigenvalue weighted by molar-refractivity contribution is -0.118. The highest BCUT2D eigenvalue weighted by Gasteiger charge is 2.18. The van der Waals surface area contributed by atoms with Crippen molar-refractivity contribution in [2.24, 2.45) is 0 Å². The van der Waals surface area contributed by atoms with Gasteiger partial charge in [0.05, 0.1) is 5.69 Å². The number of nitrogens with one attached hydrogen (secondary N) is 1. The number of ether oxygens (including phenoxy) is 1. The van der Waals surface area contributed by atoms with Crippen molar-refractivity contribution in [3.05, 3.63) is 64.7 Å². The van der Waals surface area contributed by atoms with Crippen LogP contribution in [0.5, 0.6) is 5.75 Å². The van der Waals surface area contributed by atoms with Crippen molar-refractivity contribution in [1.82, 2.24) is 4.98 Å². The number of aryl methyl sites for hydroxylation is 2. The van der Waals surface area contributed by atoms with Gasteiger partial charge in [-0.3, -0.25) is 4.79 Å². The summed E-state index contributed by atoms with van der Waals surface area (Å²) in [5.74, 6) is 0.490. The molecule has 3 aromatic rings. The maximum atomic E-state index is 12.2. The van der Waals surface area contributed by atoms with Gasteiger partial charge in [-0.25, -0.2) is 4.98 Å². The van der Waals surface area contributed by atoms with Gasteiger partial charge >= 0.3 is 0 Å². The Labute approximate surface area is 170 Å². The molecule has 1 amide bonds. The van der Waals surface area contributed by atoms with E-state index in [1.165, 1.54) is 0 Å². The zero-order valence-corrected chi connectivity index (χ0v) is 17.8. The molecule has 0 aliphatic rings. The van der Waals surface area contributed by atoms with E-state index in [1.807, 2.05) is 56.3 Å². The number of hydrogen-bond acceptors (Lipinski definition) is 4.